The van der Waals surface area contributed by atoms with Crippen LogP contribution in [-0.4, -0.2) is 10.8 Å². The molecule has 0 saturated carbocycles. The SMILES string of the molecule is CC(=O)CC(C)(C)Cc1cccnc1N. The van der Waals surface area contributed by atoms with E-state index in [1.807, 2.05) is 12.1 Å². The summed E-state index contributed by atoms with van der Waals surface area (Å²) < 4.78 is 0. The molecular formula is C12H18N2O. The standard InChI is InChI=1S/C12H18N2O/c1-9(15)7-12(2,3)8-10-5-4-6-14-11(10)13/h4-6H,7-8H2,1-3H3,(H2,13,14). The van der Waals surface area contributed by atoms with Crippen molar-refractivity contribution in [3.63, 3.8) is 0 Å². The third-order valence-corrected chi connectivity index (χ3v) is 2.32. The van der Waals surface area contributed by atoms with E-state index in [1.165, 1.54) is 0 Å². The number of nitrogens with two attached hydrogens (primary N) is 1. The molecule has 0 radical (unpaired) electrons. The van der Waals surface area contributed by atoms with Crippen LogP contribution in [0, 0.1) is 5.41 Å². The second kappa shape index (κ2) is 4.43. The molecule has 3 heteroatoms. The summed E-state index contributed by atoms with van der Waals surface area (Å²) >= 11 is 0. The lowest BCUT2D eigenvalue weighted by atomic mass is 9.81. The highest BCUT2D eigenvalue weighted by molar-refractivity contribution is 5.76. The van der Waals surface area contributed by atoms with Crippen LogP contribution in [0.4, 0.5) is 5.82 Å². The number of nitrogen functional groups attached to an aromatic ring is 1. The number of hydrogen-bond acceptors (Lipinski definition) is 3. The molecule has 0 saturated heterocycles. The van der Waals surface area contributed by atoms with E-state index in [4.69, 9.17) is 5.73 Å². The van der Waals surface area contributed by atoms with Gasteiger partial charge in [0.25, 0.3) is 0 Å². The minimum atomic E-state index is -0.0526. The molecule has 0 atom stereocenters. The molecule has 0 aliphatic carbocycles. The predicted octanol–water partition coefficient (Wildman–Crippen LogP) is 2.21. The average molecular weight is 206 g/mol. The summed E-state index contributed by atoms with van der Waals surface area (Å²) in [5.41, 5.74) is 6.73. The number of ketones is 1. The van der Waals surface area contributed by atoms with Crippen LogP contribution in [0.5, 0.6) is 0 Å². The number of rotatable bonds is 4. The topological polar surface area (TPSA) is 56.0 Å². The Bertz CT molecular complexity index is 358. The maximum Gasteiger partial charge on any atom is 0.130 e. The summed E-state index contributed by atoms with van der Waals surface area (Å²) in [5, 5.41) is 0. The first-order valence-corrected chi connectivity index (χ1v) is 5.09. The second-order valence-electron chi connectivity index (χ2n) is 4.77. The molecule has 1 rings (SSSR count). The van der Waals surface area contributed by atoms with Gasteiger partial charge in [-0.2, -0.15) is 0 Å². The van der Waals surface area contributed by atoms with E-state index >= 15 is 0 Å². The average Bonchev–Trinajstić information content (AvgIpc) is 2.06. The molecule has 0 spiro atoms. The van der Waals surface area contributed by atoms with Crippen LogP contribution >= 0.6 is 0 Å². The smallest absolute Gasteiger partial charge is 0.130 e. The summed E-state index contributed by atoms with van der Waals surface area (Å²) in [6.45, 7) is 5.76. The van der Waals surface area contributed by atoms with Crippen molar-refractivity contribution in [2.24, 2.45) is 5.41 Å². The van der Waals surface area contributed by atoms with Crippen LogP contribution in [-0.2, 0) is 11.2 Å². The van der Waals surface area contributed by atoms with Gasteiger partial charge >= 0.3 is 0 Å². The van der Waals surface area contributed by atoms with Crippen LogP contribution in [0.1, 0.15) is 32.8 Å². The Labute approximate surface area is 90.7 Å². The van der Waals surface area contributed by atoms with Gasteiger partial charge in [-0.3, -0.25) is 0 Å². The Hall–Kier alpha value is -1.38. The van der Waals surface area contributed by atoms with Crippen molar-refractivity contribution >= 4 is 11.6 Å². The van der Waals surface area contributed by atoms with Crippen LogP contribution < -0.4 is 5.73 Å². The Balaban J connectivity index is 2.77. The summed E-state index contributed by atoms with van der Waals surface area (Å²) in [4.78, 5) is 15.1. The molecule has 1 aromatic rings. The van der Waals surface area contributed by atoms with Gasteiger partial charge < -0.3 is 10.5 Å². The Morgan fingerprint density at radius 2 is 2.20 bits per heavy atom. The minimum Gasteiger partial charge on any atom is -0.383 e. The van der Waals surface area contributed by atoms with Gasteiger partial charge in [-0.1, -0.05) is 19.9 Å². The molecule has 1 aromatic heterocycles. The highest BCUT2D eigenvalue weighted by Gasteiger charge is 2.21. The molecule has 0 bridgehead atoms. The fraction of sp³-hybridized carbons (Fsp3) is 0.500. The number of aromatic nitrogens is 1. The van der Waals surface area contributed by atoms with Gasteiger partial charge in [0.15, 0.2) is 0 Å². The molecule has 0 unspecified atom stereocenters. The third-order valence-electron chi connectivity index (χ3n) is 2.32. The van der Waals surface area contributed by atoms with Gasteiger partial charge in [0.1, 0.15) is 11.6 Å². The summed E-state index contributed by atoms with van der Waals surface area (Å²) in [7, 11) is 0. The molecule has 1 heterocycles. The molecule has 0 aliphatic rings. The number of hydrogen-bond donors (Lipinski definition) is 1. The van der Waals surface area contributed by atoms with E-state index in [2.05, 4.69) is 18.8 Å². The summed E-state index contributed by atoms with van der Waals surface area (Å²) in [5.74, 6) is 0.775. The van der Waals surface area contributed by atoms with Crippen molar-refractivity contribution in [2.75, 3.05) is 5.73 Å². The van der Waals surface area contributed by atoms with E-state index in [9.17, 15) is 4.79 Å². The van der Waals surface area contributed by atoms with Gasteiger partial charge in [0.05, 0.1) is 0 Å². The first-order chi connectivity index (χ1) is 6.91. The van der Waals surface area contributed by atoms with Crippen LogP contribution in [0.2, 0.25) is 0 Å². The number of nitrogens with zero attached hydrogens (tertiary/aromatic N) is 1. The molecule has 2 N–H and O–H groups in total. The predicted molar refractivity (Wildman–Crippen MR) is 61.4 cm³/mol. The van der Waals surface area contributed by atoms with E-state index in [-0.39, 0.29) is 11.2 Å². The van der Waals surface area contributed by atoms with Crippen molar-refractivity contribution in [3.05, 3.63) is 23.9 Å². The Morgan fingerprint density at radius 1 is 1.53 bits per heavy atom. The molecule has 0 fully saturated rings. The van der Waals surface area contributed by atoms with Crippen molar-refractivity contribution in [3.8, 4) is 0 Å². The molecule has 3 nitrogen and oxygen atoms in total. The van der Waals surface area contributed by atoms with Gasteiger partial charge in [0.2, 0.25) is 0 Å². The number of anilines is 1. The lowest BCUT2D eigenvalue weighted by molar-refractivity contribution is -0.118. The maximum atomic E-state index is 11.1. The van der Waals surface area contributed by atoms with Gasteiger partial charge in [-0.05, 0) is 30.4 Å². The maximum absolute atomic E-state index is 11.1. The van der Waals surface area contributed by atoms with E-state index in [1.54, 1.807) is 13.1 Å². The van der Waals surface area contributed by atoms with E-state index < -0.39 is 0 Å². The molecule has 0 amide bonds. The molecule has 82 valence electrons. The van der Waals surface area contributed by atoms with E-state index in [0.29, 0.717) is 12.2 Å². The minimum absolute atomic E-state index is 0.0526. The molecule has 0 aliphatic heterocycles. The fourth-order valence-electron chi connectivity index (χ4n) is 1.85. The third kappa shape index (κ3) is 3.70. The lowest BCUT2D eigenvalue weighted by Crippen LogP contribution is -2.19. The van der Waals surface area contributed by atoms with Gasteiger partial charge in [-0.15, -0.1) is 0 Å². The van der Waals surface area contributed by atoms with Gasteiger partial charge in [-0.25, -0.2) is 4.98 Å². The highest BCUT2D eigenvalue weighted by Crippen LogP contribution is 2.27. The molecular weight excluding hydrogens is 188 g/mol. The highest BCUT2D eigenvalue weighted by atomic mass is 16.1. The number of carbonyl (C=O) groups excluding carboxylic acids is 1. The molecule has 15 heavy (non-hydrogen) atoms. The monoisotopic (exact) mass is 206 g/mol. The summed E-state index contributed by atoms with van der Waals surface area (Å²) in [6.07, 6.45) is 3.03. The Kier molecular flexibility index (Phi) is 3.45. The zero-order chi connectivity index (χ0) is 11.5. The number of Topliss-reactive ketones (excluding diaryl/α,β-unsaturated/α-hetero) is 1. The van der Waals surface area contributed by atoms with Crippen LogP contribution in [0.25, 0.3) is 0 Å². The van der Waals surface area contributed by atoms with E-state index in [0.717, 1.165) is 12.0 Å². The van der Waals surface area contributed by atoms with Crippen molar-refractivity contribution in [1.29, 1.82) is 0 Å². The zero-order valence-corrected chi connectivity index (χ0v) is 9.58. The second-order valence-corrected chi connectivity index (χ2v) is 4.77. The Morgan fingerprint density at radius 3 is 2.73 bits per heavy atom. The zero-order valence-electron chi connectivity index (χ0n) is 9.58. The van der Waals surface area contributed by atoms with Crippen molar-refractivity contribution in [1.82, 2.24) is 4.98 Å². The van der Waals surface area contributed by atoms with Crippen molar-refractivity contribution in [2.45, 2.75) is 33.6 Å². The normalized spacial score (nSPS) is 11.4. The lowest BCUT2D eigenvalue weighted by Gasteiger charge is -2.23. The quantitative estimate of drug-likeness (QED) is 0.821. The first-order valence-electron chi connectivity index (χ1n) is 5.09. The number of pyridine rings is 1. The van der Waals surface area contributed by atoms with Crippen LogP contribution in [0.3, 0.4) is 0 Å². The fourth-order valence-corrected chi connectivity index (χ4v) is 1.85. The largest absolute Gasteiger partial charge is 0.383 e. The van der Waals surface area contributed by atoms with Crippen LogP contribution in [0.15, 0.2) is 18.3 Å². The first kappa shape index (κ1) is 11.7. The summed E-state index contributed by atoms with van der Waals surface area (Å²) in [6, 6.07) is 3.83. The molecule has 0 aromatic carbocycles. The number of carbonyl (C=O) groups is 1. The van der Waals surface area contributed by atoms with Gasteiger partial charge in [0, 0.05) is 12.6 Å². The van der Waals surface area contributed by atoms with Crippen molar-refractivity contribution < 1.29 is 4.79 Å².